The van der Waals surface area contributed by atoms with Crippen LogP contribution in [0.5, 0.6) is 0 Å². The molecule has 0 bridgehead atoms. The predicted molar refractivity (Wildman–Crippen MR) is 79.5 cm³/mol. The van der Waals surface area contributed by atoms with Crippen molar-refractivity contribution in [2.75, 3.05) is 6.54 Å². The van der Waals surface area contributed by atoms with Crippen molar-refractivity contribution in [3.05, 3.63) is 33.3 Å². The van der Waals surface area contributed by atoms with E-state index in [4.69, 9.17) is 11.6 Å². The van der Waals surface area contributed by atoms with E-state index in [1.165, 1.54) is 0 Å². The van der Waals surface area contributed by atoms with E-state index in [-0.39, 0.29) is 0 Å². The molecular formula is C14H17BrClNO2. The SMILES string of the molecule is CCC1(C(=O)O)CCCN1Cc1cc(Cl)ccc1Br. The molecule has 1 N–H and O–H groups in total. The van der Waals surface area contributed by atoms with E-state index >= 15 is 0 Å². The molecule has 0 aliphatic carbocycles. The minimum absolute atomic E-state index is 0.612. The van der Waals surface area contributed by atoms with Crippen molar-refractivity contribution in [1.82, 2.24) is 4.90 Å². The van der Waals surface area contributed by atoms with Crippen LogP contribution >= 0.6 is 27.5 Å². The van der Waals surface area contributed by atoms with Gasteiger partial charge in [-0.1, -0.05) is 34.5 Å². The van der Waals surface area contributed by atoms with E-state index in [1.807, 2.05) is 25.1 Å². The van der Waals surface area contributed by atoms with E-state index < -0.39 is 11.5 Å². The van der Waals surface area contributed by atoms with Crippen molar-refractivity contribution in [1.29, 1.82) is 0 Å². The first-order chi connectivity index (χ1) is 8.99. The van der Waals surface area contributed by atoms with Gasteiger partial charge in [0.2, 0.25) is 0 Å². The zero-order chi connectivity index (χ0) is 14.0. The lowest BCUT2D eigenvalue weighted by Crippen LogP contribution is -2.49. The Morgan fingerprint density at radius 2 is 2.32 bits per heavy atom. The molecule has 5 heteroatoms. The largest absolute Gasteiger partial charge is 0.480 e. The molecule has 1 fully saturated rings. The minimum atomic E-state index is -0.720. The summed E-state index contributed by atoms with van der Waals surface area (Å²) in [6.07, 6.45) is 2.27. The van der Waals surface area contributed by atoms with Gasteiger partial charge in [0.25, 0.3) is 0 Å². The van der Waals surface area contributed by atoms with Crippen LogP contribution in [0.15, 0.2) is 22.7 Å². The molecule has 1 unspecified atom stereocenters. The third-order valence-electron chi connectivity index (χ3n) is 3.98. The summed E-state index contributed by atoms with van der Waals surface area (Å²) in [6.45, 7) is 3.37. The fraction of sp³-hybridized carbons (Fsp3) is 0.500. The van der Waals surface area contributed by atoms with Gasteiger partial charge in [-0.25, -0.2) is 0 Å². The van der Waals surface area contributed by atoms with Gasteiger partial charge in [0.1, 0.15) is 5.54 Å². The quantitative estimate of drug-likeness (QED) is 0.898. The number of aliphatic carboxylic acids is 1. The summed E-state index contributed by atoms with van der Waals surface area (Å²) < 4.78 is 0.971. The van der Waals surface area contributed by atoms with Crippen molar-refractivity contribution in [3.8, 4) is 0 Å². The number of hydrogen-bond donors (Lipinski definition) is 1. The Morgan fingerprint density at radius 3 is 2.95 bits per heavy atom. The van der Waals surface area contributed by atoms with Crippen LogP contribution in [0, 0.1) is 0 Å². The van der Waals surface area contributed by atoms with Crippen molar-refractivity contribution in [3.63, 3.8) is 0 Å². The van der Waals surface area contributed by atoms with Crippen LogP contribution in [0.3, 0.4) is 0 Å². The lowest BCUT2D eigenvalue weighted by Gasteiger charge is -2.34. The molecule has 1 aliphatic heterocycles. The zero-order valence-electron chi connectivity index (χ0n) is 10.8. The lowest BCUT2D eigenvalue weighted by molar-refractivity contribution is -0.150. The standard InChI is InChI=1S/C14H17BrClNO2/c1-2-14(13(18)19)6-3-7-17(14)9-10-8-11(16)4-5-12(10)15/h4-5,8H,2-3,6-7,9H2,1H3,(H,18,19). The topological polar surface area (TPSA) is 40.5 Å². The van der Waals surface area contributed by atoms with E-state index in [2.05, 4.69) is 20.8 Å². The molecule has 1 aliphatic rings. The molecule has 0 aromatic heterocycles. The summed E-state index contributed by atoms with van der Waals surface area (Å²) in [4.78, 5) is 13.7. The summed E-state index contributed by atoms with van der Waals surface area (Å²) in [6, 6.07) is 5.62. The molecule has 0 saturated carbocycles. The second-order valence-electron chi connectivity index (χ2n) is 4.95. The van der Waals surface area contributed by atoms with Crippen LogP contribution in [0.1, 0.15) is 31.7 Å². The fourth-order valence-electron chi connectivity index (χ4n) is 2.83. The summed E-state index contributed by atoms with van der Waals surface area (Å²) in [5.74, 6) is -0.717. The van der Waals surface area contributed by atoms with Crippen molar-refractivity contribution in [2.24, 2.45) is 0 Å². The van der Waals surface area contributed by atoms with Gasteiger partial charge in [0, 0.05) is 16.0 Å². The molecule has 1 heterocycles. The minimum Gasteiger partial charge on any atom is -0.480 e. The summed E-state index contributed by atoms with van der Waals surface area (Å²) in [5, 5.41) is 10.2. The molecular weight excluding hydrogens is 330 g/mol. The van der Waals surface area contributed by atoms with E-state index in [0.29, 0.717) is 18.0 Å². The highest BCUT2D eigenvalue weighted by atomic mass is 79.9. The van der Waals surface area contributed by atoms with Crippen LogP contribution in [0.25, 0.3) is 0 Å². The molecule has 3 nitrogen and oxygen atoms in total. The molecule has 1 saturated heterocycles. The van der Waals surface area contributed by atoms with Gasteiger partial charge in [-0.05, 0) is 49.6 Å². The summed E-state index contributed by atoms with van der Waals surface area (Å²) in [7, 11) is 0. The molecule has 19 heavy (non-hydrogen) atoms. The third kappa shape index (κ3) is 2.81. The van der Waals surface area contributed by atoms with Crippen LogP contribution < -0.4 is 0 Å². The van der Waals surface area contributed by atoms with Gasteiger partial charge in [0.05, 0.1) is 0 Å². The maximum absolute atomic E-state index is 11.6. The van der Waals surface area contributed by atoms with Crippen LogP contribution in [-0.4, -0.2) is 28.1 Å². The van der Waals surface area contributed by atoms with Gasteiger partial charge in [-0.15, -0.1) is 0 Å². The van der Waals surface area contributed by atoms with Gasteiger partial charge < -0.3 is 5.11 Å². The summed E-state index contributed by atoms with van der Waals surface area (Å²) in [5.41, 5.74) is 0.315. The maximum Gasteiger partial charge on any atom is 0.324 e. The number of benzene rings is 1. The lowest BCUT2D eigenvalue weighted by atomic mass is 9.92. The third-order valence-corrected chi connectivity index (χ3v) is 4.98. The van der Waals surface area contributed by atoms with Crippen LogP contribution in [0.4, 0.5) is 0 Å². The normalized spacial score (nSPS) is 23.7. The van der Waals surface area contributed by atoms with Crippen molar-refractivity contribution < 1.29 is 9.90 Å². The Labute approximate surface area is 126 Å². The zero-order valence-corrected chi connectivity index (χ0v) is 13.2. The first kappa shape index (κ1) is 14.8. The monoisotopic (exact) mass is 345 g/mol. The maximum atomic E-state index is 11.6. The van der Waals surface area contributed by atoms with Crippen LogP contribution in [0.2, 0.25) is 5.02 Å². The molecule has 1 aromatic carbocycles. The van der Waals surface area contributed by atoms with E-state index in [0.717, 1.165) is 29.4 Å². The number of carboxylic acids is 1. The molecule has 0 spiro atoms. The van der Waals surface area contributed by atoms with Crippen molar-refractivity contribution >= 4 is 33.5 Å². The van der Waals surface area contributed by atoms with Gasteiger partial charge in [-0.3, -0.25) is 9.69 Å². The van der Waals surface area contributed by atoms with Gasteiger partial charge >= 0.3 is 5.97 Å². The van der Waals surface area contributed by atoms with Gasteiger partial charge in [0.15, 0.2) is 0 Å². The Bertz CT molecular complexity index is 494. The Balaban J connectivity index is 2.27. The molecule has 104 valence electrons. The van der Waals surface area contributed by atoms with Crippen molar-refractivity contribution in [2.45, 2.75) is 38.3 Å². The van der Waals surface area contributed by atoms with Gasteiger partial charge in [-0.2, -0.15) is 0 Å². The number of likely N-dealkylation sites (tertiary alicyclic amines) is 1. The highest BCUT2D eigenvalue weighted by Crippen LogP contribution is 2.35. The first-order valence-electron chi connectivity index (χ1n) is 6.42. The molecule has 0 radical (unpaired) electrons. The highest BCUT2D eigenvalue weighted by Gasteiger charge is 2.45. The summed E-state index contributed by atoms with van der Waals surface area (Å²) >= 11 is 9.52. The molecule has 2 rings (SSSR count). The molecule has 1 atom stereocenters. The van der Waals surface area contributed by atoms with E-state index in [1.54, 1.807) is 0 Å². The fourth-order valence-corrected chi connectivity index (χ4v) is 3.40. The highest BCUT2D eigenvalue weighted by molar-refractivity contribution is 9.10. The Hall–Kier alpha value is -0.580. The predicted octanol–water partition coefficient (Wildman–Crippen LogP) is 3.93. The average molecular weight is 347 g/mol. The number of rotatable bonds is 4. The smallest absolute Gasteiger partial charge is 0.324 e. The number of hydrogen-bond acceptors (Lipinski definition) is 2. The second kappa shape index (κ2) is 5.81. The Morgan fingerprint density at radius 1 is 1.58 bits per heavy atom. The number of halogens is 2. The number of carbonyl (C=O) groups is 1. The van der Waals surface area contributed by atoms with Crippen LogP contribution in [-0.2, 0) is 11.3 Å². The second-order valence-corrected chi connectivity index (χ2v) is 6.24. The number of carboxylic acid groups (broad SMARTS) is 1. The number of nitrogens with zero attached hydrogens (tertiary/aromatic N) is 1. The first-order valence-corrected chi connectivity index (χ1v) is 7.59. The Kier molecular flexibility index (Phi) is 4.54. The average Bonchev–Trinajstić information content (AvgIpc) is 2.78. The molecule has 0 amide bonds. The van der Waals surface area contributed by atoms with E-state index in [9.17, 15) is 9.90 Å². The molecule has 1 aromatic rings.